The second-order valence-electron chi connectivity index (χ2n) is 8.03. The number of hydrogen-bond donors (Lipinski definition) is 1. The zero-order valence-corrected chi connectivity index (χ0v) is 20.6. The average molecular weight is 488 g/mol. The first-order chi connectivity index (χ1) is 17.0. The van der Waals surface area contributed by atoms with Crippen molar-refractivity contribution in [2.45, 2.75) is 26.8 Å². The third-order valence-electron chi connectivity index (χ3n) is 6.01. The van der Waals surface area contributed by atoms with E-state index < -0.39 is 5.91 Å². The number of nitrogens with zero attached hydrogens (tertiary/aromatic N) is 4. The third-order valence-corrected chi connectivity index (χ3v) is 7.06. The maximum absolute atomic E-state index is 12.9. The highest BCUT2D eigenvalue weighted by Gasteiger charge is 2.35. The Balaban J connectivity index is 1.48. The van der Waals surface area contributed by atoms with E-state index in [1.54, 1.807) is 13.2 Å². The quantitative estimate of drug-likeness (QED) is 0.470. The van der Waals surface area contributed by atoms with Crippen LogP contribution < -0.4 is 9.47 Å². The topological polar surface area (TPSA) is 92.3 Å². The fraction of sp³-hybridized carbons (Fsp3) is 0.231. The van der Waals surface area contributed by atoms with Gasteiger partial charge in [0.15, 0.2) is 17.3 Å². The van der Waals surface area contributed by atoms with Gasteiger partial charge in [0.05, 0.1) is 19.2 Å². The van der Waals surface area contributed by atoms with Gasteiger partial charge in [-0.25, -0.2) is 0 Å². The van der Waals surface area contributed by atoms with Crippen molar-refractivity contribution in [1.82, 2.24) is 9.58 Å². The number of methoxy groups -OCH3 is 1. The lowest BCUT2D eigenvalue weighted by atomic mass is 10.1. The Kier molecular flexibility index (Phi) is 6.17. The predicted molar refractivity (Wildman–Crippen MR) is 140 cm³/mol. The lowest BCUT2D eigenvalue weighted by molar-refractivity contribution is -0.114. The van der Waals surface area contributed by atoms with E-state index in [2.05, 4.69) is 14.7 Å². The van der Waals surface area contributed by atoms with Crippen LogP contribution in [0.25, 0.3) is 17.0 Å². The van der Waals surface area contributed by atoms with Gasteiger partial charge in [0.2, 0.25) is 5.17 Å². The van der Waals surface area contributed by atoms with Crippen LogP contribution in [0.1, 0.15) is 24.6 Å². The number of fused-ring (bicyclic) bond motifs is 2. The summed E-state index contributed by atoms with van der Waals surface area (Å²) in [4.78, 5) is 17.1. The molecular formula is C26H25N5O3S. The number of thioether (sulfide) groups is 1. The lowest BCUT2D eigenvalue weighted by Crippen LogP contribution is -2.35. The molecule has 0 atom stereocenters. The second-order valence-corrected chi connectivity index (χ2v) is 9.08. The van der Waals surface area contributed by atoms with Crippen molar-refractivity contribution in [3.05, 3.63) is 65.4 Å². The monoisotopic (exact) mass is 487 g/mol. The highest BCUT2D eigenvalue weighted by atomic mass is 32.2. The Labute approximate surface area is 207 Å². The van der Waals surface area contributed by atoms with Crippen molar-refractivity contribution < 1.29 is 14.3 Å². The Hall–Kier alpha value is -3.85. The average Bonchev–Trinajstić information content (AvgIpc) is 3.41. The first-order valence-corrected chi connectivity index (χ1v) is 12.2. The van der Waals surface area contributed by atoms with E-state index in [4.69, 9.17) is 14.9 Å². The van der Waals surface area contributed by atoms with Gasteiger partial charge in [0, 0.05) is 22.2 Å². The fourth-order valence-corrected chi connectivity index (χ4v) is 5.06. The molecule has 9 heteroatoms. The molecule has 35 heavy (non-hydrogen) atoms. The molecule has 8 nitrogen and oxygen atoms in total. The maximum atomic E-state index is 12.9. The standard InChI is InChI=1S/C26H25N5O3S/c1-4-23-29-31-24(27)19(25(32)28-26(31)35-23)15-18-16(2)30(20-10-6-5-9-17(18)20)13-14-34-22-12-8-7-11-21(22)33-3/h5-12,15,27H,4,13-14H2,1-3H3/b19-15+,27-24?. The van der Waals surface area contributed by atoms with Gasteiger partial charge in [-0.1, -0.05) is 37.3 Å². The predicted octanol–water partition coefficient (Wildman–Crippen LogP) is 5.07. The summed E-state index contributed by atoms with van der Waals surface area (Å²) in [6.07, 6.45) is 2.49. The van der Waals surface area contributed by atoms with Gasteiger partial charge in [0.1, 0.15) is 11.7 Å². The van der Waals surface area contributed by atoms with Crippen LogP contribution in [0.5, 0.6) is 11.5 Å². The van der Waals surface area contributed by atoms with E-state index in [9.17, 15) is 4.79 Å². The summed E-state index contributed by atoms with van der Waals surface area (Å²) in [6, 6.07) is 15.6. The number of hydrogen-bond acceptors (Lipinski definition) is 6. The number of para-hydroxylation sites is 3. The first-order valence-electron chi connectivity index (χ1n) is 11.3. The molecule has 2 aliphatic rings. The van der Waals surface area contributed by atoms with Gasteiger partial charge >= 0.3 is 0 Å². The Morgan fingerprint density at radius 1 is 1.11 bits per heavy atom. The van der Waals surface area contributed by atoms with E-state index in [1.807, 2.05) is 62.4 Å². The lowest BCUT2D eigenvalue weighted by Gasteiger charge is -2.20. The van der Waals surface area contributed by atoms with Gasteiger partial charge in [0.25, 0.3) is 5.91 Å². The van der Waals surface area contributed by atoms with Gasteiger partial charge in [-0.05, 0) is 49.4 Å². The number of aliphatic imine (C=N–C) groups is 1. The van der Waals surface area contributed by atoms with Gasteiger partial charge in [-0.3, -0.25) is 10.2 Å². The van der Waals surface area contributed by atoms with Crippen molar-refractivity contribution >= 4 is 50.7 Å². The molecule has 1 N–H and O–H groups in total. The number of hydrazone groups is 1. The number of rotatable bonds is 7. The molecular weight excluding hydrogens is 462 g/mol. The molecule has 0 saturated heterocycles. The normalized spacial score (nSPS) is 16.5. The molecule has 0 fully saturated rings. The van der Waals surface area contributed by atoms with E-state index >= 15 is 0 Å². The minimum Gasteiger partial charge on any atom is -0.493 e. The van der Waals surface area contributed by atoms with Crippen LogP contribution in [0, 0.1) is 12.3 Å². The number of aromatic nitrogens is 1. The largest absolute Gasteiger partial charge is 0.493 e. The summed E-state index contributed by atoms with van der Waals surface area (Å²) in [7, 11) is 1.62. The van der Waals surface area contributed by atoms with Gasteiger partial charge in [-0.15, -0.1) is 0 Å². The third kappa shape index (κ3) is 4.12. The molecule has 1 amide bonds. The number of carbonyl (C=O) groups is 1. The van der Waals surface area contributed by atoms with E-state index in [1.165, 1.54) is 16.8 Å². The zero-order chi connectivity index (χ0) is 24.5. The SMILES string of the molecule is CCC1=NN2C(=N)/C(=C\c3c(C)n(CCOc4ccccc4OC)c4ccccc34)C(=O)N=C2S1. The number of ether oxygens (including phenoxy) is 2. The van der Waals surface area contributed by atoms with Crippen LogP contribution in [0.4, 0.5) is 0 Å². The highest BCUT2D eigenvalue weighted by Crippen LogP contribution is 2.33. The Bertz CT molecular complexity index is 1440. The molecule has 0 aliphatic carbocycles. The summed E-state index contributed by atoms with van der Waals surface area (Å²) in [5.74, 6) is 1.01. The molecule has 2 aromatic carbocycles. The molecule has 3 aromatic rings. The van der Waals surface area contributed by atoms with Crippen molar-refractivity contribution in [3.8, 4) is 11.5 Å². The molecule has 178 valence electrons. The van der Waals surface area contributed by atoms with Gasteiger partial charge in [-0.2, -0.15) is 15.1 Å². The van der Waals surface area contributed by atoms with Crippen LogP contribution in [0.3, 0.4) is 0 Å². The number of amidine groups is 2. The summed E-state index contributed by atoms with van der Waals surface area (Å²) in [5, 5.41) is 16.8. The minimum absolute atomic E-state index is 0.0479. The highest BCUT2D eigenvalue weighted by molar-refractivity contribution is 8.26. The molecule has 1 aromatic heterocycles. The molecule has 2 aliphatic heterocycles. The summed E-state index contributed by atoms with van der Waals surface area (Å²) >= 11 is 1.34. The van der Waals surface area contributed by atoms with Crippen LogP contribution in [-0.2, 0) is 11.3 Å². The fourth-order valence-electron chi connectivity index (χ4n) is 4.23. The van der Waals surface area contributed by atoms with Crippen molar-refractivity contribution in [2.24, 2.45) is 10.1 Å². The molecule has 0 saturated carbocycles. The minimum atomic E-state index is -0.419. The number of nitrogens with one attached hydrogen (secondary N) is 1. The summed E-state index contributed by atoms with van der Waals surface area (Å²) in [6.45, 7) is 5.05. The zero-order valence-electron chi connectivity index (χ0n) is 19.7. The number of carbonyl (C=O) groups excluding carboxylic acids is 1. The summed E-state index contributed by atoms with van der Waals surface area (Å²) in [5.41, 5.74) is 3.12. The van der Waals surface area contributed by atoms with Crippen LogP contribution in [-0.4, -0.2) is 45.2 Å². The van der Waals surface area contributed by atoms with E-state index in [0.717, 1.165) is 33.6 Å². The molecule has 0 unspecified atom stereocenters. The molecule has 3 heterocycles. The van der Waals surface area contributed by atoms with Crippen LogP contribution in [0.2, 0.25) is 0 Å². The second kappa shape index (κ2) is 9.42. The van der Waals surface area contributed by atoms with Crippen LogP contribution in [0.15, 0.2) is 64.2 Å². The summed E-state index contributed by atoms with van der Waals surface area (Å²) < 4.78 is 13.6. The van der Waals surface area contributed by atoms with Crippen molar-refractivity contribution in [1.29, 1.82) is 5.41 Å². The van der Waals surface area contributed by atoms with Crippen molar-refractivity contribution in [2.75, 3.05) is 13.7 Å². The Morgan fingerprint density at radius 3 is 2.63 bits per heavy atom. The molecule has 0 radical (unpaired) electrons. The smallest absolute Gasteiger partial charge is 0.283 e. The van der Waals surface area contributed by atoms with Gasteiger partial charge < -0.3 is 14.0 Å². The number of benzene rings is 2. The molecule has 0 spiro atoms. The molecule has 0 bridgehead atoms. The maximum Gasteiger partial charge on any atom is 0.283 e. The number of amides is 1. The van der Waals surface area contributed by atoms with E-state index in [0.29, 0.717) is 29.8 Å². The first kappa shape index (κ1) is 22.9. The Morgan fingerprint density at radius 2 is 1.86 bits per heavy atom. The van der Waals surface area contributed by atoms with Crippen molar-refractivity contribution in [3.63, 3.8) is 0 Å². The van der Waals surface area contributed by atoms with Crippen LogP contribution >= 0.6 is 11.8 Å². The molecule has 5 rings (SSSR count). The van der Waals surface area contributed by atoms with E-state index in [-0.39, 0.29) is 11.4 Å².